The summed E-state index contributed by atoms with van der Waals surface area (Å²) in [5, 5.41) is 10.4. The van der Waals surface area contributed by atoms with Crippen molar-refractivity contribution in [3.05, 3.63) is 77.5 Å². The van der Waals surface area contributed by atoms with Crippen molar-refractivity contribution in [2.75, 3.05) is 6.61 Å². The van der Waals surface area contributed by atoms with Crippen LogP contribution in [0.1, 0.15) is 35.6 Å². The maximum Gasteiger partial charge on any atom is 0.329 e. The van der Waals surface area contributed by atoms with Crippen molar-refractivity contribution in [1.82, 2.24) is 4.90 Å². The van der Waals surface area contributed by atoms with Gasteiger partial charge >= 0.3 is 5.97 Å². The number of benzene rings is 2. The van der Waals surface area contributed by atoms with E-state index in [1.54, 1.807) is 18.0 Å². The van der Waals surface area contributed by atoms with Crippen LogP contribution >= 0.6 is 0 Å². The van der Waals surface area contributed by atoms with Gasteiger partial charge in [0.05, 0.1) is 18.7 Å². The lowest BCUT2D eigenvalue weighted by Crippen LogP contribution is -2.44. The third-order valence-corrected chi connectivity index (χ3v) is 5.85. The average Bonchev–Trinajstić information content (AvgIpc) is 3.06. The summed E-state index contributed by atoms with van der Waals surface area (Å²) in [7, 11) is 0. The first-order chi connectivity index (χ1) is 14.1. The second-order valence-corrected chi connectivity index (χ2v) is 7.22. The summed E-state index contributed by atoms with van der Waals surface area (Å²) in [6.07, 6.45) is 3.65. The molecule has 2 aromatic rings. The van der Waals surface area contributed by atoms with E-state index in [4.69, 9.17) is 10.5 Å². The summed E-state index contributed by atoms with van der Waals surface area (Å²) >= 11 is 0. The largest absolute Gasteiger partial charge is 0.464 e. The first-order valence-electron chi connectivity index (χ1n) is 9.53. The second kappa shape index (κ2) is 7.10. The van der Waals surface area contributed by atoms with Crippen LogP contribution in [0.25, 0.3) is 6.08 Å². The molecule has 1 fully saturated rings. The van der Waals surface area contributed by atoms with Crippen molar-refractivity contribution in [3.63, 3.8) is 0 Å². The first-order valence-corrected chi connectivity index (χ1v) is 9.53. The number of nitrogens with zero attached hydrogens (tertiary/aromatic N) is 2. The Kier molecular flexibility index (Phi) is 4.59. The summed E-state index contributed by atoms with van der Waals surface area (Å²) in [4.78, 5) is 27.8. The van der Waals surface area contributed by atoms with Crippen molar-refractivity contribution >= 4 is 18.0 Å². The quantitative estimate of drug-likeness (QED) is 0.814. The maximum atomic E-state index is 13.1. The zero-order valence-corrected chi connectivity index (χ0v) is 16.0. The molecular weight excluding hydrogens is 366 g/mol. The van der Waals surface area contributed by atoms with Crippen molar-refractivity contribution in [1.29, 1.82) is 5.26 Å². The van der Waals surface area contributed by atoms with Crippen molar-refractivity contribution < 1.29 is 14.3 Å². The fraction of sp³-hybridized carbons (Fsp3) is 0.261. The van der Waals surface area contributed by atoms with E-state index in [1.807, 2.05) is 60.7 Å². The third kappa shape index (κ3) is 2.62. The highest BCUT2D eigenvalue weighted by Crippen LogP contribution is 2.59. The predicted octanol–water partition coefficient (Wildman–Crippen LogP) is 2.74. The molecule has 2 aromatic carbocycles. The molecule has 4 rings (SSSR count). The first kappa shape index (κ1) is 18.8. The number of ether oxygens (including phenoxy) is 1. The maximum absolute atomic E-state index is 13.1. The topological polar surface area (TPSA) is 96.4 Å². The monoisotopic (exact) mass is 387 g/mol. The molecule has 1 saturated heterocycles. The molecule has 2 aliphatic heterocycles. The standard InChI is InChI=1S/C23H21N3O3/c1-2-29-21(27)19-18(16-9-4-3-5-10-16)23(14-24,22(25)28)20-17-11-7-6-8-15(17)12-13-26(19)20/h3-13,18-20H,2H2,1H3,(H2,25,28)/t18-,19+,20?,23-/m0/s1. The minimum atomic E-state index is -1.64. The highest BCUT2D eigenvalue weighted by atomic mass is 16.5. The summed E-state index contributed by atoms with van der Waals surface area (Å²) in [6, 6.07) is 17.4. The van der Waals surface area contributed by atoms with Crippen LogP contribution in [0.4, 0.5) is 0 Å². The summed E-state index contributed by atoms with van der Waals surface area (Å²) in [5.74, 6) is -2.00. The number of nitriles is 1. The predicted molar refractivity (Wildman–Crippen MR) is 107 cm³/mol. The zero-order valence-electron chi connectivity index (χ0n) is 16.0. The van der Waals surface area contributed by atoms with E-state index >= 15 is 0 Å². The number of carbonyl (C=O) groups excluding carboxylic acids is 2. The number of esters is 1. The Bertz CT molecular complexity index is 1030. The number of fused-ring (bicyclic) bond motifs is 3. The summed E-state index contributed by atoms with van der Waals surface area (Å²) in [6.45, 7) is 1.93. The van der Waals surface area contributed by atoms with Crippen molar-refractivity contribution in [3.8, 4) is 6.07 Å². The van der Waals surface area contributed by atoms with Crippen LogP contribution in [0, 0.1) is 16.7 Å². The number of nitrogens with two attached hydrogens (primary N) is 1. The van der Waals surface area contributed by atoms with E-state index in [0.717, 1.165) is 11.1 Å². The van der Waals surface area contributed by atoms with Crippen LogP contribution in [-0.4, -0.2) is 29.4 Å². The van der Waals surface area contributed by atoms with E-state index in [2.05, 4.69) is 6.07 Å². The molecule has 2 N–H and O–H groups in total. The number of hydrogen-bond donors (Lipinski definition) is 1. The van der Waals surface area contributed by atoms with E-state index in [1.165, 1.54) is 0 Å². The fourth-order valence-electron chi connectivity index (χ4n) is 4.71. The van der Waals surface area contributed by atoms with Gasteiger partial charge in [-0.25, -0.2) is 4.79 Å². The fourth-order valence-corrected chi connectivity index (χ4v) is 4.71. The Morgan fingerprint density at radius 3 is 2.52 bits per heavy atom. The normalized spacial score (nSPS) is 26.9. The molecule has 146 valence electrons. The molecule has 2 heterocycles. The molecule has 6 heteroatoms. The molecule has 6 nitrogen and oxygen atoms in total. The van der Waals surface area contributed by atoms with Gasteiger partial charge in [0.15, 0.2) is 5.41 Å². The lowest BCUT2D eigenvalue weighted by molar-refractivity contribution is -0.148. The lowest BCUT2D eigenvalue weighted by Gasteiger charge is -2.35. The van der Waals surface area contributed by atoms with Gasteiger partial charge in [-0.05, 0) is 29.7 Å². The Labute approximate surface area is 169 Å². The van der Waals surface area contributed by atoms with Crippen LogP contribution in [0.3, 0.4) is 0 Å². The van der Waals surface area contributed by atoms with Crippen LogP contribution < -0.4 is 5.73 Å². The summed E-state index contributed by atoms with van der Waals surface area (Å²) in [5.41, 5.74) is 6.66. The van der Waals surface area contributed by atoms with Gasteiger partial charge in [-0.1, -0.05) is 54.6 Å². The van der Waals surface area contributed by atoms with Gasteiger partial charge in [-0.3, -0.25) is 4.79 Å². The SMILES string of the molecule is CCOC(=O)[C@H]1[C@H](c2ccccc2)[C@](C#N)(C(N)=O)C2c3ccccc3C=CN21. The molecule has 4 atom stereocenters. The molecule has 29 heavy (non-hydrogen) atoms. The molecule has 0 spiro atoms. The Morgan fingerprint density at radius 2 is 1.86 bits per heavy atom. The van der Waals surface area contributed by atoms with Gasteiger partial charge < -0.3 is 15.4 Å². The second-order valence-electron chi connectivity index (χ2n) is 7.22. The molecule has 0 saturated carbocycles. The van der Waals surface area contributed by atoms with E-state index in [0.29, 0.717) is 5.56 Å². The van der Waals surface area contributed by atoms with E-state index in [-0.39, 0.29) is 6.61 Å². The van der Waals surface area contributed by atoms with E-state index < -0.39 is 35.3 Å². The van der Waals surface area contributed by atoms with Gasteiger partial charge in [0, 0.05) is 12.1 Å². The van der Waals surface area contributed by atoms with Gasteiger partial charge in [0.25, 0.3) is 0 Å². The summed E-state index contributed by atoms with van der Waals surface area (Å²) < 4.78 is 5.36. The molecule has 1 unspecified atom stereocenters. The number of rotatable bonds is 4. The Hall–Kier alpha value is -3.59. The zero-order chi connectivity index (χ0) is 20.6. The molecule has 0 aliphatic carbocycles. The van der Waals surface area contributed by atoms with Crippen molar-refractivity contribution in [2.45, 2.75) is 24.9 Å². The molecular formula is C23H21N3O3. The highest BCUT2D eigenvalue weighted by Gasteiger charge is 2.66. The number of hydrogen-bond acceptors (Lipinski definition) is 5. The van der Waals surface area contributed by atoms with Crippen LogP contribution in [-0.2, 0) is 14.3 Å². The minimum Gasteiger partial charge on any atom is -0.464 e. The average molecular weight is 387 g/mol. The lowest BCUT2D eigenvalue weighted by atomic mass is 9.66. The smallest absolute Gasteiger partial charge is 0.329 e. The molecule has 0 bridgehead atoms. The van der Waals surface area contributed by atoms with Gasteiger partial charge in [-0.15, -0.1) is 0 Å². The highest BCUT2D eigenvalue weighted by molar-refractivity contribution is 5.91. The van der Waals surface area contributed by atoms with Crippen LogP contribution in [0.15, 0.2) is 60.8 Å². The Morgan fingerprint density at radius 1 is 1.17 bits per heavy atom. The van der Waals surface area contributed by atoms with E-state index in [9.17, 15) is 14.9 Å². The van der Waals surface area contributed by atoms with Gasteiger partial charge in [-0.2, -0.15) is 5.26 Å². The molecule has 1 amide bonds. The molecule has 2 aliphatic rings. The van der Waals surface area contributed by atoms with Crippen LogP contribution in [0.2, 0.25) is 0 Å². The van der Waals surface area contributed by atoms with Gasteiger partial charge in [0.2, 0.25) is 5.91 Å². The number of primary amides is 1. The number of amides is 1. The minimum absolute atomic E-state index is 0.200. The van der Waals surface area contributed by atoms with Gasteiger partial charge in [0.1, 0.15) is 6.04 Å². The van der Waals surface area contributed by atoms with Crippen molar-refractivity contribution in [2.24, 2.45) is 11.1 Å². The van der Waals surface area contributed by atoms with Crippen LogP contribution in [0.5, 0.6) is 0 Å². The Balaban J connectivity index is 2.02. The molecule has 0 radical (unpaired) electrons. The number of carbonyl (C=O) groups is 2. The third-order valence-electron chi connectivity index (χ3n) is 5.85. The molecule has 0 aromatic heterocycles.